The van der Waals surface area contributed by atoms with Gasteiger partial charge in [-0.1, -0.05) is 38.1 Å². The lowest BCUT2D eigenvalue weighted by Gasteiger charge is -2.35. The molecule has 1 aliphatic rings. The van der Waals surface area contributed by atoms with Crippen LogP contribution in [0.3, 0.4) is 0 Å². The first-order valence-corrected chi connectivity index (χ1v) is 10.0. The van der Waals surface area contributed by atoms with Crippen LogP contribution < -0.4 is 10.2 Å². The summed E-state index contributed by atoms with van der Waals surface area (Å²) in [6.45, 7) is 10.8. The van der Waals surface area contributed by atoms with Gasteiger partial charge in [0.1, 0.15) is 5.82 Å². The van der Waals surface area contributed by atoms with Crippen LogP contribution in [-0.4, -0.2) is 65.1 Å². The fraction of sp³-hybridized carbons (Fsp3) is 0.476. The normalized spacial score (nSPS) is 14.4. The molecule has 3 rings (SSSR count). The Hall–Kier alpha value is -2.67. The summed E-state index contributed by atoms with van der Waals surface area (Å²) in [7, 11) is 0. The maximum absolute atomic E-state index is 12.6. The monoisotopic (exact) mass is 382 g/mol. The minimum Gasteiger partial charge on any atom is -0.352 e. The van der Waals surface area contributed by atoms with Crippen molar-refractivity contribution in [3.63, 3.8) is 0 Å². The summed E-state index contributed by atoms with van der Waals surface area (Å²) in [5, 5.41) is 3.09. The Kier molecular flexibility index (Phi) is 7.19. The molecule has 0 bridgehead atoms. The first-order valence-electron chi connectivity index (χ1n) is 10.0. The van der Waals surface area contributed by atoms with E-state index in [0.717, 1.165) is 38.5 Å². The quantitative estimate of drug-likeness (QED) is 0.796. The van der Waals surface area contributed by atoms with E-state index < -0.39 is 0 Å². The number of urea groups is 1. The Balaban J connectivity index is 1.51. The van der Waals surface area contributed by atoms with Crippen molar-refractivity contribution in [3.05, 3.63) is 54.0 Å². The van der Waals surface area contributed by atoms with Gasteiger partial charge in [-0.15, -0.1) is 0 Å². The first-order chi connectivity index (χ1) is 13.7. The van der Waals surface area contributed by atoms with Gasteiger partial charge in [0.15, 0.2) is 0 Å². The average Bonchev–Trinajstić information content (AvgIpc) is 2.77. The number of carbonyl (C=O) groups excluding carboxylic acids is 1. The molecule has 0 unspecified atom stereocenters. The summed E-state index contributed by atoms with van der Waals surface area (Å²) < 4.78 is 0. The lowest BCUT2D eigenvalue weighted by Crippen LogP contribution is -2.52. The number of hydrogen-bond acceptors (Lipinski definition) is 5. The largest absolute Gasteiger partial charge is 0.352 e. The number of anilines is 1. The summed E-state index contributed by atoms with van der Waals surface area (Å²) in [4.78, 5) is 27.5. The number of amides is 2. The Morgan fingerprint density at radius 3 is 2.43 bits per heavy atom. The van der Waals surface area contributed by atoms with Crippen molar-refractivity contribution < 1.29 is 4.79 Å². The van der Waals surface area contributed by atoms with Gasteiger partial charge in [-0.3, -0.25) is 9.88 Å². The van der Waals surface area contributed by atoms with Crippen LogP contribution in [0.2, 0.25) is 0 Å². The molecule has 0 atom stereocenters. The molecular formula is C21H30N6O. The van der Waals surface area contributed by atoms with Crippen molar-refractivity contribution in [2.24, 2.45) is 0 Å². The zero-order valence-electron chi connectivity index (χ0n) is 16.8. The van der Waals surface area contributed by atoms with Gasteiger partial charge in [-0.25, -0.2) is 9.78 Å². The Morgan fingerprint density at radius 2 is 1.79 bits per heavy atom. The number of hydrogen-bond donors (Lipinski definition) is 1. The van der Waals surface area contributed by atoms with Crippen LogP contribution in [0.5, 0.6) is 0 Å². The molecule has 2 aromatic rings. The molecule has 0 aliphatic carbocycles. The Labute approximate surface area is 167 Å². The van der Waals surface area contributed by atoms with Crippen LogP contribution in [0.25, 0.3) is 0 Å². The fourth-order valence-electron chi connectivity index (χ4n) is 3.45. The molecule has 0 saturated carbocycles. The minimum absolute atomic E-state index is 0.00330. The van der Waals surface area contributed by atoms with Crippen LogP contribution in [0.4, 0.5) is 10.6 Å². The molecule has 150 valence electrons. The molecule has 7 nitrogen and oxygen atoms in total. The van der Waals surface area contributed by atoms with Gasteiger partial charge in [0.05, 0.1) is 6.20 Å². The minimum atomic E-state index is -0.00330. The van der Waals surface area contributed by atoms with Gasteiger partial charge in [0, 0.05) is 51.7 Å². The second kappa shape index (κ2) is 10.0. The number of carbonyl (C=O) groups is 1. The zero-order valence-corrected chi connectivity index (χ0v) is 16.8. The maximum Gasteiger partial charge on any atom is 0.317 e. The lowest BCUT2D eigenvalue weighted by atomic mass is 10.1. The molecular weight excluding hydrogens is 352 g/mol. The van der Waals surface area contributed by atoms with E-state index in [2.05, 4.69) is 57.1 Å². The number of aromatic nitrogens is 2. The molecule has 0 spiro atoms. The predicted octanol–water partition coefficient (Wildman–Crippen LogP) is 2.35. The van der Waals surface area contributed by atoms with Gasteiger partial charge < -0.3 is 15.1 Å². The fourth-order valence-corrected chi connectivity index (χ4v) is 3.45. The average molecular weight is 383 g/mol. The summed E-state index contributed by atoms with van der Waals surface area (Å²) in [6.07, 6.45) is 5.14. The van der Waals surface area contributed by atoms with Crippen molar-refractivity contribution in [2.45, 2.75) is 26.9 Å². The molecule has 1 saturated heterocycles. The van der Waals surface area contributed by atoms with Gasteiger partial charge in [-0.05, 0) is 24.2 Å². The molecule has 1 aliphatic heterocycles. The van der Waals surface area contributed by atoms with E-state index in [9.17, 15) is 4.79 Å². The van der Waals surface area contributed by atoms with Crippen molar-refractivity contribution in [2.75, 3.05) is 44.2 Å². The highest BCUT2D eigenvalue weighted by Crippen LogP contribution is 2.13. The van der Waals surface area contributed by atoms with E-state index in [-0.39, 0.29) is 6.03 Å². The van der Waals surface area contributed by atoms with Crippen LogP contribution in [0.1, 0.15) is 25.0 Å². The third kappa shape index (κ3) is 5.19. The van der Waals surface area contributed by atoms with Gasteiger partial charge >= 0.3 is 6.03 Å². The van der Waals surface area contributed by atoms with Crippen molar-refractivity contribution in [1.82, 2.24) is 25.1 Å². The third-order valence-electron chi connectivity index (χ3n) is 5.28. The number of benzene rings is 1. The number of nitrogens with one attached hydrogen (secondary N) is 1. The second-order valence-corrected chi connectivity index (χ2v) is 6.93. The van der Waals surface area contributed by atoms with Gasteiger partial charge in [0.2, 0.25) is 0 Å². The molecule has 1 N–H and O–H groups in total. The van der Waals surface area contributed by atoms with E-state index in [4.69, 9.17) is 0 Å². The topological polar surface area (TPSA) is 64.6 Å². The maximum atomic E-state index is 12.6. The summed E-state index contributed by atoms with van der Waals surface area (Å²) in [6, 6.07) is 8.35. The van der Waals surface area contributed by atoms with E-state index in [1.54, 1.807) is 18.6 Å². The highest BCUT2D eigenvalue weighted by atomic mass is 16.2. The standard InChI is InChI=1S/C21H30N6O/c1-3-25(4-2)17-19-8-6-5-7-18(19)15-24-21(28)27-13-11-26(12-14-27)20-16-22-9-10-23-20/h5-10,16H,3-4,11-15,17H2,1-2H3,(H,24,28). The van der Waals surface area contributed by atoms with Crippen molar-refractivity contribution in [3.8, 4) is 0 Å². The van der Waals surface area contributed by atoms with E-state index in [1.165, 1.54) is 11.1 Å². The van der Waals surface area contributed by atoms with Crippen molar-refractivity contribution in [1.29, 1.82) is 0 Å². The van der Waals surface area contributed by atoms with Gasteiger partial charge in [0.25, 0.3) is 0 Å². The van der Waals surface area contributed by atoms with Crippen molar-refractivity contribution >= 4 is 11.8 Å². The van der Waals surface area contributed by atoms with Gasteiger partial charge in [-0.2, -0.15) is 0 Å². The summed E-state index contributed by atoms with van der Waals surface area (Å²) in [5.41, 5.74) is 2.46. The van der Waals surface area contributed by atoms with E-state index in [0.29, 0.717) is 19.6 Å². The molecule has 1 aromatic heterocycles. The van der Waals surface area contributed by atoms with Crippen LogP contribution in [-0.2, 0) is 13.1 Å². The van der Waals surface area contributed by atoms with Crippen LogP contribution >= 0.6 is 0 Å². The van der Waals surface area contributed by atoms with E-state index in [1.807, 2.05) is 11.0 Å². The highest BCUT2D eigenvalue weighted by Gasteiger charge is 2.22. The molecule has 1 fully saturated rings. The lowest BCUT2D eigenvalue weighted by molar-refractivity contribution is 0.193. The Bertz CT molecular complexity index is 742. The highest BCUT2D eigenvalue weighted by molar-refractivity contribution is 5.74. The predicted molar refractivity (Wildman–Crippen MR) is 111 cm³/mol. The first kappa shape index (κ1) is 20.1. The second-order valence-electron chi connectivity index (χ2n) is 6.93. The van der Waals surface area contributed by atoms with Crippen LogP contribution in [0.15, 0.2) is 42.9 Å². The molecule has 0 radical (unpaired) electrons. The smallest absolute Gasteiger partial charge is 0.317 e. The van der Waals surface area contributed by atoms with Crippen LogP contribution in [0, 0.1) is 0 Å². The molecule has 2 amide bonds. The molecule has 7 heteroatoms. The zero-order chi connectivity index (χ0) is 19.8. The number of piperazine rings is 1. The SMILES string of the molecule is CCN(CC)Cc1ccccc1CNC(=O)N1CCN(c2cnccn2)CC1. The Morgan fingerprint density at radius 1 is 1.07 bits per heavy atom. The third-order valence-corrected chi connectivity index (χ3v) is 5.28. The number of nitrogens with zero attached hydrogens (tertiary/aromatic N) is 5. The van der Waals surface area contributed by atoms with E-state index >= 15 is 0 Å². The molecule has 2 heterocycles. The summed E-state index contributed by atoms with van der Waals surface area (Å²) in [5.74, 6) is 0.868. The summed E-state index contributed by atoms with van der Waals surface area (Å²) >= 11 is 0. The number of rotatable bonds is 7. The molecule has 28 heavy (non-hydrogen) atoms. The molecule has 1 aromatic carbocycles.